The second kappa shape index (κ2) is 11.5. The number of hydrogen-bond acceptors (Lipinski definition) is 6. The number of para-hydroxylation sites is 1. The number of amides is 1. The predicted octanol–water partition coefficient (Wildman–Crippen LogP) is 2.75. The number of carbonyl (C=O) groups excluding carboxylic acids is 2. The molecule has 1 N–H and O–H groups in total. The van der Waals surface area contributed by atoms with Gasteiger partial charge in [0, 0.05) is 13.1 Å². The van der Waals surface area contributed by atoms with Crippen molar-refractivity contribution in [3.63, 3.8) is 0 Å². The van der Waals surface area contributed by atoms with Crippen molar-refractivity contribution in [3.8, 4) is 5.75 Å². The first-order chi connectivity index (χ1) is 16.2. The molecular formula is C25H32N2O6S. The quantitative estimate of drug-likeness (QED) is 0.430. The highest BCUT2D eigenvalue weighted by atomic mass is 32.2. The van der Waals surface area contributed by atoms with Crippen LogP contribution in [0.3, 0.4) is 0 Å². The number of esters is 1. The molecule has 184 valence electrons. The van der Waals surface area contributed by atoms with Gasteiger partial charge in [-0.1, -0.05) is 35.9 Å². The highest BCUT2D eigenvalue weighted by Crippen LogP contribution is 2.29. The lowest BCUT2D eigenvalue weighted by Gasteiger charge is -2.31. The van der Waals surface area contributed by atoms with Crippen LogP contribution < -0.4 is 10.1 Å². The molecule has 1 amide bonds. The molecule has 1 saturated heterocycles. The van der Waals surface area contributed by atoms with Crippen LogP contribution in [-0.2, 0) is 24.3 Å². The normalized spacial score (nSPS) is 15.0. The molecule has 34 heavy (non-hydrogen) atoms. The summed E-state index contributed by atoms with van der Waals surface area (Å²) >= 11 is 0. The molecule has 3 rings (SSSR count). The Morgan fingerprint density at radius 2 is 1.65 bits per heavy atom. The molecule has 0 aromatic heterocycles. The van der Waals surface area contributed by atoms with Gasteiger partial charge in [0.1, 0.15) is 12.4 Å². The zero-order valence-corrected chi connectivity index (χ0v) is 20.7. The van der Waals surface area contributed by atoms with Crippen molar-refractivity contribution in [2.24, 2.45) is 5.92 Å². The molecule has 0 radical (unpaired) electrons. The molecule has 0 aliphatic carbocycles. The van der Waals surface area contributed by atoms with Crippen LogP contribution in [0.25, 0.3) is 0 Å². The van der Waals surface area contributed by atoms with Crippen LogP contribution >= 0.6 is 0 Å². The molecule has 1 fully saturated rings. The first-order valence-electron chi connectivity index (χ1n) is 11.4. The van der Waals surface area contributed by atoms with E-state index in [0.29, 0.717) is 36.6 Å². The Labute approximate surface area is 201 Å². The number of rotatable bonds is 9. The monoisotopic (exact) mass is 488 g/mol. The van der Waals surface area contributed by atoms with E-state index in [4.69, 9.17) is 9.47 Å². The number of piperidine rings is 1. The Bertz CT molecular complexity index is 1090. The number of ether oxygens (including phenoxy) is 2. The van der Waals surface area contributed by atoms with Gasteiger partial charge >= 0.3 is 5.97 Å². The number of hydrogen-bond donors (Lipinski definition) is 1. The highest BCUT2D eigenvalue weighted by Gasteiger charge is 2.34. The van der Waals surface area contributed by atoms with Gasteiger partial charge in [0.2, 0.25) is 10.0 Å². The summed E-state index contributed by atoms with van der Waals surface area (Å²) in [4.78, 5) is 24.7. The first kappa shape index (κ1) is 25.7. The Hall–Kier alpha value is -2.91. The zero-order valence-electron chi connectivity index (χ0n) is 19.9. The fourth-order valence-corrected chi connectivity index (χ4v) is 6.10. The van der Waals surface area contributed by atoms with Gasteiger partial charge in [0.05, 0.1) is 17.4 Å². The second-order valence-electron chi connectivity index (χ2n) is 8.53. The zero-order chi connectivity index (χ0) is 24.7. The van der Waals surface area contributed by atoms with Crippen LogP contribution in [0.4, 0.5) is 0 Å². The summed E-state index contributed by atoms with van der Waals surface area (Å²) in [6, 6.07) is 13.0. The summed E-state index contributed by atoms with van der Waals surface area (Å²) < 4.78 is 38.5. The minimum absolute atomic E-state index is 0.234. The van der Waals surface area contributed by atoms with Crippen molar-refractivity contribution in [2.75, 3.05) is 32.8 Å². The van der Waals surface area contributed by atoms with Crippen LogP contribution in [-0.4, -0.2) is 57.4 Å². The maximum absolute atomic E-state index is 13.2. The smallest absolute Gasteiger partial charge is 0.309 e. The molecule has 1 aliphatic rings. The van der Waals surface area contributed by atoms with Gasteiger partial charge < -0.3 is 14.8 Å². The van der Waals surface area contributed by atoms with Gasteiger partial charge in [0.15, 0.2) is 6.61 Å². The van der Waals surface area contributed by atoms with Gasteiger partial charge in [-0.3, -0.25) is 9.59 Å². The fourth-order valence-electron chi connectivity index (χ4n) is 4.22. The van der Waals surface area contributed by atoms with E-state index >= 15 is 0 Å². The van der Waals surface area contributed by atoms with E-state index in [1.54, 1.807) is 13.8 Å². The van der Waals surface area contributed by atoms with E-state index in [2.05, 4.69) is 5.32 Å². The number of benzene rings is 2. The van der Waals surface area contributed by atoms with Crippen molar-refractivity contribution >= 4 is 21.9 Å². The van der Waals surface area contributed by atoms with E-state index in [9.17, 15) is 18.0 Å². The van der Waals surface area contributed by atoms with E-state index in [1.807, 2.05) is 49.4 Å². The summed E-state index contributed by atoms with van der Waals surface area (Å²) in [6.07, 6.45) is 0.711. The molecule has 2 aromatic rings. The van der Waals surface area contributed by atoms with Crippen LogP contribution in [0, 0.1) is 26.7 Å². The van der Waals surface area contributed by atoms with Gasteiger partial charge in [-0.2, -0.15) is 4.31 Å². The lowest BCUT2D eigenvalue weighted by Crippen LogP contribution is -2.41. The topological polar surface area (TPSA) is 102 Å². The average Bonchev–Trinajstić information content (AvgIpc) is 2.80. The number of nitrogens with zero attached hydrogens (tertiary/aromatic N) is 1. The minimum atomic E-state index is -3.64. The van der Waals surface area contributed by atoms with Crippen LogP contribution in [0.2, 0.25) is 0 Å². The average molecular weight is 489 g/mol. The summed E-state index contributed by atoms with van der Waals surface area (Å²) in [6.45, 7) is 6.23. The molecule has 9 heteroatoms. The molecule has 0 bridgehead atoms. The number of nitrogens with one attached hydrogen (secondary N) is 1. The Morgan fingerprint density at radius 1 is 1.03 bits per heavy atom. The van der Waals surface area contributed by atoms with Gasteiger partial charge in [-0.05, 0) is 56.9 Å². The van der Waals surface area contributed by atoms with E-state index in [1.165, 1.54) is 4.31 Å². The highest BCUT2D eigenvalue weighted by molar-refractivity contribution is 7.89. The minimum Gasteiger partial charge on any atom is -0.492 e. The largest absolute Gasteiger partial charge is 0.492 e. The van der Waals surface area contributed by atoms with Crippen molar-refractivity contribution in [3.05, 3.63) is 59.2 Å². The fraction of sp³-hybridized carbons (Fsp3) is 0.440. The molecule has 0 spiro atoms. The third-order valence-electron chi connectivity index (χ3n) is 5.77. The summed E-state index contributed by atoms with van der Waals surface area (Å²) in [5, 5.41) is 2.64. The molecule has 1 heterocycles. The first-order valence-corrected chi connectivity index (χ1v) is 12.8. The number of aryl methyl sites for hydroxylation is 3. The molecular weight excluding hydrogens is 456 g/mol. The molecule has 8 nitrogen and oxygen atoms in total. The molecule has 2 aromatic carbocycles. The third kappa shape index (κ3) is 6.57. The van der Waals surface area contributed by atoms with Crippen LogP contribution in [0.1, 0.15) is 29.5 Å². The Kier molecular flexibility index (Phi) is 8.68. The van der Waals surface area contributed by atoms with Crippen molar-refractivity contribution in [1.29, 1.82) is 0 Å². The predicted molar refractivity (Wildman–Crippen MR) is 128 cm³/mol. The maximum atomic E-state index is 13.2. The van der Waals surface area contributed by atoms with Crippen LogP contribution in [0.5, 0.6) is 5.75 Å². The van der Waals surface area contributed by atoms with Crippen molar-refractivity contribution < 1.29 is 27.5 Å². The maximum Gasteiger partial charge on any atom is 0.309 e. The summed E-state index contributed by atoms with van der Waals surface area (Å²) in [7, 11) is -3.64. The van der Waals surface area contributed by atoms with Crippen molar-refractivity contribution in [2.45, 2.75) is 38.5 Å². The van der Waals surface area contributed by atoms with Gasteiger partial charge in [-0.25, -0.2) is 8.42 Å². The summed E-state index contributed by atoms with van der Waals surface area (Å²) in [5.74, 6) is -0.601. The van der Waals surface area contributed by atoms with E-state index in [-0.39, 0.29) is 19.7 Å². The SMILES string of the molecule is Cc1cc(C)c(S(=O)(=O)N2CCC(C(=O)OCC(=O)NCCOc3ccccc3)CC2)c(C)c1. The second-order valence-corrected chi connectivity index (χ2v) is 10.4. The Morgan fingerprint density at radius 3 is 2.26 bits per heavy atom. The summed E-state index contributed by atoms with van der Waals surface area (Å²) in [5.41, 5.74) is 2.46. The molecule has 0 unspecified atom stereocenters. The lowest BCUT2D eigenvalue weighted by atomic mass is 9.98. The van der Waals surface area contributed by atoms with E-state index < -0.39 is 27.8 Å². The van der Waals surface area contributed by atoms with Gasteiger partial charge in [-0.15, -0.1) is 0 Å². The Balaban J connectivity index is 1.41. The number of carbonyl (C=O) groups is 2. The standard InChI is InChI=1S/C25H32N2O6S/c1-18-15-19(2)24(20(3)16-18)34(30,31)27-12-9-21(10-13-27)25(29)33-17-23(28)26-11-14-32-22-7-5-4-6-8-22/h4-8,15-16,21H,9-14,17H2,1-3H3,(H,26,28). The van der Waals surface area contributed by atoms with Crippen LogP contribution in [0.15, 0.2) is 47.4 Å². The van der Waals surface area contributed by atoms with Crippen molar-refractivity contribution in [1.82, 2.24) is 9.62 Å². The lowest BCUT2D eigenvalue weighted by molar-refractivity contribution is -0.153. The third-order valence-corrected chi connectivity index (χ3v) is 7.98. The molecule has 0 saturated carbocycles. The van der Waals surface area contributed by atoms with Gasteiger partial charge in [0.25, 0.3) is 5.91 Å². The number of sulfonamides is 1. The van der Waals surface area contributed by atoms with E-state index in [0.717, 1.165) is 16.7 Å². The molecule has 1 aliphatic heterocycles. The molecule has 0 atom stereocenters.